The number of hydrogen-bond acceptors (Lipinski definition) is 2. The Kier molecular flexibility index (Phi) is 3.03. The van der Waals surface area contributed by atoms with Gasteiger partial charge in [0.25, 0.3) is 0 Å². The Balaban J connectivity index is 2.10. The molecule has 3 unspecified atom stereocenters. The van der Waals surface area contributed by atoms with E-state index < -0.39 is 6.10 Å². The summed E-state index contributed by atoms with van der Waals surface area (Å²) in [7, 11) is 0. The summed E-state index contributed by atoms with van der Waals surface area (Å²) >= 11 is 0. The van der Waals surface area contributed by atoms with Gasteiger partial charge in [-0.3, -0.25) is 0 Å². The van der Waals surface area contributed by atoms with Crippen LogP contribution in [-0.2, 0) is 4.74 Å². The molecule has 1 aliphatic heterocycles. The third-order valence-electron chi connectivity index (χ3n) is 2.87. The molecule has 1 aromatic rings. The van der Waals surface area contributed by atoms with Gasteiger partial charge in [0.2, 0.25) is 0 Å². The second-order valence-corrected chi connectivity index (χ2v) is 4.14. The van der Waals surface area contributed by atoms with Gasteiger partial charge >= 0.3 is 0 Å². The van der Waals surface area contributed by atoms with Crippen molar-refractivity contribution in [1.29, 1.82) is 0 Å². The molecule has 0 aromatic heterocycles. The van der Waals surface area contributed by atoms with Crippen LogP contribution in [0, 0.1) is 11.7 Å². The SMILES string of the molecule is CC1CC(C(O)c2cccc(F)c2)CO1. The Morgan fingerprint density at radius 2 is 2.33 bits per heavy atom. The Hall–Kier alpha value is -0.930. The summed E-state index contributed by atoms with van der Waals surface area (Å²) in [6, 6.07) is 6.13. The van der Waals surface area contributed by atoms with Crippen LogP contribution in [0.5, 0.6) is 0 Å². The summed E-state index contributed by atoms with van der Waals surface area (Å²) in [6.07, 6.45) is 0.404. The molecule has 15 heavy (non-hydrogen) atoms. The number of halogens is 1. The Morgan fingerprint density at radius 1 is 1.53 bits per heavy atom. The number of ether oxygens (including phenoxy) is 1. The third-order valence-corrected chi connectivity index (χ3v) is 2.87. The van der Waals surface area contributed by atoms with Crippen molar-refractivity contribution in [3.8, 4) is 0 Å². The summed E-state index contributed by atoms with van der Waals surface area (Å²) in [5, 5.41) is 10.0. The summed E-state index contributed by atoms with van der Waals surface area (Å²) in [4.78, 5) is 0. The maximum atomic E-state index is 12.9. The molecule has 2 nitrogen and oxygen atoms in total. The van der Waals surface area contributed by atoms with Gasteiger partial charge in [-0.25, -0.2) is 4.39 Å². The minimum absolute atomic E-state index is 0.0850. The van der Waals surface area contributed by atoms with Crippen molar-refractivity contribution in [3.63, 3.8) is 0 Å². The lowest BCUT2D eigenvalue weighted by Crippen LogP contribution is -2.12. The van der Waals surface area contributed by atoms with Gasteiger partial charge < -0.3 is 9.84 Å². The molecule has 1 aliphatic rings. The number of aliphatic hydroxyl groups excluding tert-OH is 1. The minimum Gasteiger partial charge on any atom is -0.388 e. The number of benzene rings is 1. The molecule has 1 N–H and O–H groups in total. The number of rotatable bonds is 2. The molecular weight excluding hydrogens is 195 g/mol. The topological polar surface area (TPSA) is 29.5 Å². The van der Waals surface area contributed by atoms with Crippen LogP contribution < -0.4 is 0 Å². The van der Waals surface area contributed by atoms with Crippen LogP contribution in [0.15, 0.2) is 24.3 Å². The van der Waals surface area contributed by atoms with E-state index in [1.54, 1.807) is 12.1 Å². The van der Waals surface area contributed by atoms with Gasteiger partial charge in [0, 0.05) is 5.92 Å². The van der Waals surface area contributed by atoms with Gasteiger partial charge in [-0.1, -0.05) is 12.1 Å². The number of hydrogen-bond donors (Lipinski definition) is 1. The highest BCUT2D eigenvalue weighted by atomic mass is 19.1. The molecule has 3 atom stereocenters. The average Bonchev–Trinajstić information content (AvgIpc) is 2.64. The molecule has 0 spiro atoms. The molecule has 1 fully saturated rings. The maximum Gasteiger partial charge on any atom is 0.123 e. The average molecular weight is 210 g/mol. The van der Waals surface area contributed by atoms with Crippen molar-refractivity contribution in [2.24, 2.45) is 5.92 Å². The van der Waals surface area contributed by atoms with E-state index in [2.05, 4.69) is 0 Å². The van der Waals surface area contributed by atoms with Gasteiger partial charge in [0.1, 0.15) is 5.82 Å². The van der Waals surface area contributed by atoms with Crippen molar-refractivity contribution in [2.75, 3.05) is 6.61 Å². The van der Waals surface area contributed by atoms with Crippen molar-refractivity contribution in [3.05, 3.63) is 35.6 Å². The second-order valence-electron chi connectivity index (χ2n) is 4.14. The van der Waals surface area contributed by atoms with E-state index in [4.69, 9.17) is 4.74 Å². The molecule has 3 heteroatoms. The largest absolute Gasteiger partial charge is 0.388 e. The van der Waals surface area contributed by atoms with E-state index >= 15 is 0 Å². The van der Waals surface area contributed by atoms with Crippen LogP contribution in [0.1, 0.15) is 25.0 Å². The van der Waals surface area contributed by atoms with Gasteiger partial charge in [-0.2, -0.15) is 0 Å². The highest BCUT2D eigenvalue weighted by Gasteiger charge is 2.29. The summed E-state index contributed by atoms with van der Waals surface area (Å²) in [5.41, 5.74) is 0.637. The van der Waals surface area contributed by atoms with E-state index in [-0.39, 0.29) is 17.8 Å². The maximum absolute atomic E-state index is 12.9. The third kappa shape index (κ3) is 2.36. The first-order valence-electron chi connectivity index (χ1n) is 5.22. The molecule has 0 saturated carbocycles. The van der Waals surface area contributed by atoms with Crippen LogP contribution in [0.2, 0.25) is 0 Å². The van der Waals surface area contributed by atoms with Crippen molar-refractivity contribution in [2.45, 2.75) is 25.6 Å². The van der Waals surface area contributed by atoms with E-state index in [1.807, 2.05) is 6.92 Å². The first-order chi connectivity index (χ1) is 7.16. The van der Waals surface area contributed by atoms with Gasteiger partial charge in [0.15, 0.2) is 0 Å². The van der Waals surface area contributed by atoms with Crippen molar-refractivity contribution in [1.82, 2.24) is 0 Å². The zero-order chi connectivity index (χ0) is 10.8. The monoisotopic (exact) mass is 210 g/mol. The normalized spacial score (nSPS) is 27.9. The summed E-state index contributed by atoms with van der Waals surface area (Å²) in [6.45, 7) is 2.54. The smallest absolute Gasteiger partial charge is 0.123 e. The van der Waals surface area contributed by atoms with Crippen LogP contribution in [-0.4, -0.2) is 17.8 Å². The van der Waals surface area contributed by atoms with Crippen LogP contribution in [0.3, 0.4) is 0 Å². The number of aliphatic hydroxyl groups is 1. The predicted octanol–water partition coefficient (Wildman–Crippen LogP) is 2.28. The molecule has 82 valence electrons. The standard InChI is InChI=1S/C12H15FO2/c1-8-5-10(7-15-8)12(14)9-3-2-4-11(13)6-9/h2-4,6,8,10,12,14H,5,7H2,1H3. The lowest BCUT2D eigenvalue weighted by molar-refractivity contribution is 0.0802. The molecule has 1 heterocycles. The van der Waals surface area contributed by atoms with E-state index in [1.165, 1.54) is 12.1 Å². The molecule has 2 rings (SSSR count). The molecule has 0 amide bonds. The molecular formula is C12H15FO2. The van der Waals surface area contributed by atoms with Crippen LogP contribution in [0.25, 0.3) is 0 Å². The van der Waals surface area contributed by atoms with Crippen molar-refractivity contribution >= 4 is 0 Å². The Bertz CT molecular complexity index is 340. The molecule has 1 saturated heterocycles. The molecule has 1 aromatic carbocycles. The lowest BCUT2D eigenvalue weighted by Gasteiger charge is -2.16. The molecule has 0 bridgehead atoms. The van der Waals surface area contributed by atoms with Gasteiger partial charge in [-0.05, 0) is 31.0 Å². The quantitative estimate of drug-likeness (QED) is 0.811. The van der Waals surface area contributed by atoms with Crippen molar-refractivity contribution < 1.29 is 14.2 Å². The van der Waals surface area contributed by atoms with E-state index in [0.717, 1.165) is 6.42 Å². The molecule has 0 radical (unpaired) electrons. The first-order valence-corrected chi connectivity index (χ1v) is 5.22. The predicted molar refractivity (Wildman–Crippen MR) is 54.9 cm³/mol. The minimum atomic E-state index is -0.620. The Labute approximate surface area is 88.7 Å². The fourth-order valence-corrected chi connectivity index (χ4v) is 2.03. The highest BCUT2D eigenvalue weighted by molar-refractivity contribution is 5.19. The second kappa shape index (κ2) is 4.29. The highest BCUT2D eigenvalue weighted by Crippen LogP contribution is 2.31. The van der Waals surface area contributed by atoms with E-state index in [0.29, 0.717) is 12.2 Å². The molecule has 0 aliphatic carbocycles. The zero-order valence-corrected chi connectivity index (χ0v) is 8.69. The summed E-state index contributed by atoms with van der Waals surface area (Å²) < 4.78 is 18.3. The fraction of sp³-hybridized carbons (Fsp3) is 0.500. The van der Waals surface area contributed by atoms with Gasteiger partial charge in [0.05, 0.1) is 18.8 Å². The van der Waals surface area contributed by atoms with Crippen LogP contribution >= 0.6 is 0 Å². The van der Waals surface area contributed by atoms with Gasteiger partial charge in [-0.15, -0.1) is 0 Å². The fourth-order valence-electron chi connectivity index (χ4n) is 2.03. The zero-order valence-electron chi connectivity index (χ0n) is 8.69. The lowest BCUT2D eigenvalue weighted by atomic mass is 9.94. The summed E-state index contributed by atoms with van der Waals surface area (Å²) in [5.74, 6) is -0.222. The van der Waals surface area contributed by atoms with E-state index in [9.17, 15) is 9.50 Å². The first kappa shape index (κ1) is 10.6. The van der Waals surface area contributed by atoms with Crippen LogP contribution in [0.4, 0.5) is 4.39 Å². The Morgan fingerprint density at radius 3 is 2.93 bits per heavy atom.